The predicted octanol–water partition coefficient (Wildman–Crippen LogP) is 2.24. The molecule has 19 heavy (non-hydrogen) atoms. The lowest BCUT2D eigenvalue weighted by Gasteiger charge is -2.27. The van der Waals surface area contributed by atoms with Gasteiger partial charge in [-0.1, -0.05) is 18.2 Å². The molecule has 102 valence electrons. The van der Waals surface area contributed by atoms with E-state index in [9.17, 15) is 0 Å². The van der Waals surface area contributed by atoms with E-state index in [4.69, 9.17) is 5.73 Å². The van der Waals surface area contributed by atoms with Crippen LogP contribution in [-0.2, 0) is 0 Å². The molecular formula is C14H19N3S2. The second kappa shape index (κ2) is 6.09. The van der Waals surface area contributed by atoms with Crippen molar-refractivity contribution in [2.75, 3.05) is 36.9 Å². The zero-order valence-corrected chi connectivity index (χ0v) is 12.6. The second-order valence-electron chi connectivity index (χ2n) is 4.84. The van der Waals surface area contributed by atoms with Gasteiger partial charge in [-0.05, 0) is 11.6 Å². The highest BCUT2D eigenvalue weighted by atomic mass is 32.2. The third kappa shape index (κ3) is 3.03. The van der Waals surface area contributed by atoms with E-state index in [-0.39, 0.29) is 0 Å². The number of nitrogens with two attached hydrogens (primary N) is 1. The average Bonchev–Trinajstić information content (AvgIpc) is 2.89. The lowest BCUT2D eigenvalue weighted by atomic mass is 10.0. The highest BCUT2D eigenvalue weighted by Gasteiger charge is 2.22. The minimum atomic E-state index is 0.527. The Morgan fingerprint density at radius 3 is 2.95 bits per heavy atom. The van der Waals surface area contributed by atoms with Crippen molar-refractivity contribution in [2.24, 2.45) is 10.7 Å². The Labute approximate surface area is 123 Å². The third-order valence-electron chi connectivity index (χ3n) is 3.61. The van der Waals surface area contributed by atoms with Crippen LogP contribution < -0.4 is 5.73 Å². The molecule has 3 nitrogen and oxygen atoms in total. The first-order valence-corrected chi connectivity index (χ1v) is 8.83. The van der Waals surface area contributed by atoms with Gasteiger partial charge in [0.15, 0.2) is 5.96 Å². The number of nitrogens with zero attached hydrogens (tertiary/aromatic N) is 2. The molecule has 0 aromatic heterocycles. The van der Waals surface area contributed by atoms with Crippen molar-refractivity contribution in [3.8, 4) is 0 Å². The summed E-state index contributed by atoms with van der Waals surface area (Å²) >= 11 is 3.93. The molecule has 0 amide bonds. The van der Waals surface area contributed by atoms with E-state index in [0.29, 0.717) is 5.92 Å². The summed E-state index contributed by atoms with van der Waals surface area (Å²) in [4.78, 5) is 8.25. The van der Waals surface area contributed by atoms with E-state index in [0.717, 1.165) is 31.3 Å². The first kappa shape index (κ1) is 13.2. The van der Waals surface area contributed by atoms with Crippen LogP contribution in [0.1, 0.15) is 11.5 Å². The summed E-state index contributed by atoms with van der Waals surface area (Å²) in [7, 11) is 0. The summed E-state index contributed by atoms with van der Waals surface area (Å²) in [6, 6.07) is 8.65. The van der Waals surface area contributed by atoms with E-state index in [2.05, 4.69) is 34.2 Å². The predicted molar refractivity (Wildman–Crippen MR) is 85.3 cm³/mol. The zero-order valence-electron chi connectivity index (χ0n) is 10.9. The van der Waals surface area contributed by atoms with Crippen LogP contribution in [0.5, 0.6) is 0 Å². The molecule has 1 unspecified atom stereocenters. The number of aliphatic imine (C=N–C) groups is 1. The number of hydrogen-bond donors (Lipinski definition) is 1. The van der Waals surface area contributed by atoms with E-state index in [1.54, 1.807) is 0 Å². The summed E-state index contributed by atoms with van der Waals surface area (Å²) < 4.78 is 0. The molecule has 1 atom stereocenters. The summed E-state index contributed by atoms with van der Waals surface area (Å²) in [5, 5.41) is 0. The monoisotopic (exact) mass is 293 g/mol. The molecular weight excluding hydrogens is 274 g/mol. The van der Waals surface area contributed by atoms with Gasteiger partial charge in [-0.25, -0.2) is 0 Å². The van der Waals surface area contributed by atoms with Gasteiger partial charge in [0.1, 0.15) is 0 Å². The maximum absolute atomic E-state index is 6.11. The number of thioether (sulfide) groups is 2. The van der Waals surface area contributed by atoms with Crippen LogP contribution in [0.25, 0.3) is 0 Å². The fourth-order valence-electron chi connectivity index (χ4n) is 2.48. The Kier molecular flexibility index (Phi) is 4.23. The smallest absolute Gasteiger partial charge is 0.191 e. The summed E-state index contributed by atoms with van der Waals surface area (Å²) in [5.41, 5.74) is 7.55. The highest BCUT2D eigenvalue weighted by Crippen LogP contribution is 2.39. The average molecular weight is 293 g/mol. The van der Waals surface area contributed by atoms with Crippen LogP contribution in [0.4, 0.5) is 0 Å². The number of hydrogen-bond acceptors (Lipinski definition) is 3. The quantitative estimate of drug-likeness (QED) is 0.671. The van der Waals surface area contributed by atoms with E-state index in [1.165, 1.54) is 22.0 Å². The van der Waals surface area contributed by atoms with Crippen LogP contribution in [0.2, 0.25) is 0 Å². The number of rotatable bonds is 2. The second-order valence-corrected chi connectivity index (χ2v) is 7.13. The van der Waals surface area contributed by atoms with Gasteiger partial charge in [0.25, 0.3) is 0 Å². The van der Waals surface area contributed by atoms with E-state index >= 15 is 0 Å². The molecule has 0 aliphatic carbocycles. The maximum atomic E-state index is 6.11. The summed E-state index contributed by atoms with van der Waals surface area (Å²) in [5.74, 6) is 4.72. The van der Waals surface area contributed by atoms with Crippen molar-refractivity contribution in [3.05, 3.63) is 29.8 Å². The minimum absolute atomic E-state index is 0.527. The van der Waals surface area contributed by atoms with Gasteiger partial charge in [0, 0.05) is 41.2 Å². The summed E-state index contributed by atoms with van der Waals surface area (Å²) in [6.07, 6.45) is 0. The number of guanidine groups is 1. The Bertz CT molecular complexity index is 470. The summed E-state index contributed by atoms with van der Waals surface area (Å²) in [6.45, 7) is 2.89. The molecule has 2 aliphatic heterocycles. The zero-order chi connectivity index (χ0) is 13.1. The van der Waals surface area contributed by atoms with Crippen LogP contribution >= 0.6 is 23.5 Å². The number of benzene rings is 1. The fraction of sp³-hybridized carbons (Fsp3) is 0.500. The molecule has 1 saturated heterocycles. The molecule has 2 aliphatic rings. The molecule has 0 saturated carbocycles. The molecule has 0 spiro atoms. The largest absolute Gasteiger partial charge is 0.370 e. The van der Waals surface area contributed by atoms with E-state index < -0.39 is 0 Å². The van der Waals surface area contributed by atoms with Crippen molar-refractivity contribution in [1.29, 1.82) is 0 Å². The molecule has 1 aromatic carbocycles. The van der Waals surface area contributed by atoms with Crippen molar-refractivity contribution < 1.29 is 0 Å². The Morgan fingerprint density at radius 1 is 1.32 bits per heavy atom. The molecule has 2 heterocycles. The lowest BCUT2D eigenvalue weighted by Crippen LogP contribution is -2.42. The third-order valence-corrected chi connectivity index (χ3v) is 5.80. The van der Waals surface area contributed by atoms with Gasteiger partial charge in [-0.2, -0.15) is 11.8 Å². The van der Waals surface area contributed by atoms with Crippen LogP contribution in [0.3, 0.4) is 0 Å². The topological polar surface area (TPSA) is 41.6 Å². The first-order valence-electron chi connectivity index (χ1n) is 6.69. The van der Waals surface area contributed by atoms with Gasteiger partial charge in [0.2, 0.25) is 0 Å². The Morgan fingerprint density at radius 2 is 2.11 bits per heavy atom. The SMILES string of the molecule is NC(=NCC1CSc2ccccc21)N1CCSCC1. The number of fused-ring (bicyclic) bond motifs is 1. The minimum Gasteiger partial charge on any atom is -0.370 e. The van der Waals surface area contributed by atoms with Crippen LogP contribution in [-0.4, -0.2) is 47.8 Å². The van der Waals surface area contributed by atoms with E-state index in [1.807, 2.05) is 23.5 Å². The van der Waals surface area contributed by atoms with Gasteiger partial charge in [-0.3, -0.25) is 4.99 Å². The van der Waals surface area contributed by atoms with Crippen molar-refractivity contribution in [3.63, 3.8) is 0 Å². The normalized spacial score (nSPS) is 23.5. The fourth-order valence-corrected chi connectivity index (χ4v) is 4.62. The van der Waals surface area contributed by atoms with Gasteiger partial charge < -0.3 is 10.6 Å². The molecule has 3 rings (SSSR count). The standard InChI is InChI=1S/C14H19N3S2/c15-14(17-5-7-18-8-6-17)16-9-11-10-19-13-4-2-1-3-12(11)13/h1-4,11H,5-10H2,(H2,15,16). The van der Waals surface area contributed by atoms with Gasteiger partial charge >= 0.3 is 0 Å². The highest BCUT2D eigenvalue weighted by molar-refractivity contribution is 7.99. The molecule has 1 fully saturated rings. The Balaban J connectivity index is 1.63. The molecule has 0 radical (unpaired) electrons. The lowest BCUT2D eigenvalue weighted by molar-refractivity contribution is 0.455. The Hall–Kier alpha value is -0.810. The van der Waals surface area contributed by atoms with Gasteiger partial charge in [0.05, 0.1) is 6.54 Å². The van der Waals surface area contributed by atoms with Crippen molar-refractivity contribution in [2.45, 2.75) is 10.8 Å². The maximum Gasteiger partial charge on any atom is 0.191 e. The van der Waals surface area contributed by atoms with Gasteiger partial charge in [-0.15, -0.1) is 11.8 Å². The molecule has 2 N–H and O–H groups in total. The first-order chi connectivity index (χ1) is 9.34. The molecule has 5 heteroatoms. The van der Waals surface area contributed by atoms with Crippen LogP contribution in [0, 0.1) is 0 Å². The molecule has 0 bridgehead atoms. The van der Waals surface area contributed by atoms with Crippen LogP contribution in [0.15, 0.2) is 34.2 Å². The molecule has 1 aromatic rings. The van der Waals surface area contributed by atoms with Crippen molar-refractivity contribution >= 4 is 29.5 Å². The van der Waals surface area contributed by atoms with Crippen molar-refractivity contribution in [1.82, 2.24) is 4.90 Å².